The summed E-state index contributed by atoms with van der Waals surface area (Å²) in [5.41, 5.74) is 3.52. The van der Waals surface area contributed by atoms with Gasteiger partial charge in [0.2, 0.25) is 11.8 Å². The highest BCUT2D eigenvalue weighted by atomic mass is 35.5. The van der Waals surface area contributed by atoms with Gasteiger partial charge in [0.25, 0.3) is 0 Å². The third kappa shape index (κ3) is 4.51. The highest BCUT2D eigenvalue weighted by Crippen LogP contribution is 2.38. The maximum Gasteiger partial charge on any atom is 0.439 e. The van der Waals surface area contributed by atoms with E-state index in [4.69, 9.17) is 32.5 Å². The van der Waals surface area contributed by atoms with Crippen LogP contribution in [-0.4, -0.2) is 42.2 Å². The van der Waals surface area contributed by atoms with E-state index in [1.165, 1.54) is 25.7 Å². The summed E-state index contributed by atoms with van der Waals surface area (Å²) in [6.45, 7) is 4.01. The number of halogens is 1. The number of aromatic nitrogens is 6. The molecule has 2 fully saturated rings. The van der Waals surface area contributed by atoms with Crippen LogP contribution >= 0.6 is 11.6 Å². The van der Waals surface area contributed by atoms with Crippen LogP contribution in [0.5, 0.6) is 0 Å². The maximum atomic E-state index is 11.7. The molecule has 0 bridgehead atoms. The number of imidazole rings is 1. The number of anilines is 1. The average Bonchev–Trinajstić information content (AvgIpc) is 3.63. The predicted octanol–water partition coefficient (Wildman–Crippen LogP) is 4.92. The quantitative estimate of drug-likeness (QED) is 0.374. The zero-order valence-electron chi connectivity index (χ0n) is 20.7. The molecule has 4 aromatic rings. The summed E-state index contributed by atoms with van der Waals surface area (Å²) in [6, 6.07) is 3.68. The summed E-state index contributed by atoms with van der Waals surface area (Å²) in [5, 5.41) is 4.37. The standard InChI is InChI=1S/C27H28ClN7O2/c1-3-20-5-4-10-34(20)26-31-21-12-22(25-32-27(36)37-33-25)30-23(18-11-19(28)14-29-13-18)24(21)35(26)15-17-8-6-16(2)7-9-17/h1,11-14,16-17,20H,4-10,15H2,2H3,(H,32,33,36). The number of nitrogens with zero attached hydrogens (tertiary/aromatic N) is 6. The first-order chi connectivity index (χ1) is 18.0. The molecule has 4 aromatic heterocycles. The summed E-state index contributed by atoms with van der Waals surface area (Å²) in [6.07, 6.45) is 16.0. The molecule has 10 heteroatoms. The summed E-state index contributed by atoms with van der Waals surface area (Å²) >= 11 is 6.34. The Bertz CT molecular complexity index is 1540. The lowest BCUT2D eigenvalue weighted by molar-refractivity contribution is 0.267. The predicted molar refractivity (Wildman–Crippen MR) is 142 cm³/mol. The third-order valence-electron chi connectivity index (χ3n) is 7.64. The van der Waals surface area contributed by atoms with Gasteiger partial charge in [-0.25, -0.2) is 14.8 Å². The van der Waals surface area contributed by atoms with Crippen molar-refractivity contribution in [3.05, 3.63) is 40.1 Å². The van der Waals surface area contributed by atoms with Crippen LogP contribution in [0.15, 0.2) is 33.8 Å². The van der Waals surface area contributed by atoms with Crippen molar-refractivity contribution in [3.63, 3.8) is 0 Å². The molecule has 1 saturated heterocycles. The minimum absolute atomic E-state index is 0.00227. The lowest BCUT2D eigenvalue weighted by Crippen LogP contribution is -2.31. The summed E-state index contributed by atoms with van der Waals surface area (Å²) in [4.78, 5) is 30.9. The minimum atomic E-state index is -0.644. The normalized spacial score (nSPS) is 22.0. The Morgan fingerprint density at radius 2 is 2.03 bits per heavy atom. The fourth-order valence-corrected chi connectivity index (χ4v) is 5.86. The van der Waals surface area contributed by atoms with Gasteiger partial charge in [0.15, 0.2) is 0 Å². The molecule has 190 valence electrons. The number of terminal acetylenes is 1. The Hall–Kier alpha value is -3.64. The van der Waals surface area contributed by atoms with E-state index in [-0.39, 0.29) is 11.9 Å². The maximum absolute atomic E-state index is 11.7. The second-order valence-corrected chi connectivity index (χ2v) is 10.7. The Morgan fingerprint density at radius 1 is 1.19 bits per heavy atom. The van der Waals surface area contributed by atoms with Crippen molar-refractivity contribution in [2.24, 2.45) is 11.8 Å². The second kappa shape index (κ2) is 9.67. The molecule has 2 aliphatic rings. The highest BCUT2D eigenvalue weighted by molar-refractivity contribution is 6.30. The van der Waals surface area contributed by atoms with Gasteiger partial charge in [-0.3, -0.25) is 14.5 Å². The molecule has 1 N–H and O–H groups in total. The SMILES string of the molecule is C#CC1CCCN1c1nc2cc(-c3noc(=O)[nH]3)nc(-c3cncc(Cl)c3)c2n1CC1CCC(C)CC1. The third-order valence-corrected chi connectivity index (χ3v) is 7.85. The Labute approximate surface area is 219 Å². The molecule has 0 amide bonds. The van der Waals surface area contributed by atoms with Crippen LogP contribution in [0.4, 0.5) is 5.95 Å². The largest absolute Gasteiger partial charge is 0.439 e. The molecule has 0 radical (unpaired) electrons. The molecule has 1 atom stereocenters. The summed E-state index contributed by atoms with van der Waals surface area (Å²) < 4.78 is 7.05. The molecule has 1 unspecified atom stereocenters. The highest BCUT2D eigenvalue weighted by Gasteiger charge is 2.31. The minimum Gasteiger partial charge on any atom is -0.328 e. The molecule has 0 spiro atoms. The molecule has 1 saturated carbocycles. The van der Waals surface area contributed by atoms with Crippen LogP contribution in [-0.2, 0) is 6.54 Å². The second-order valence-electron chi connectivity index (χ2n) is 10.2. The van der Waals surface area contributed by atoms with E-state index in [0.717, 1.165) is 54.4 Å². The summed E-state index contributed by atoms with van der Waals surface area (Å²) in [5.74, 6) is 4.71. The summed E-state index contributed by atoms with van der Waals surface area (Å²) in [7, 11) is 0. The van der Waals surface area contributed by atoms with E-state index in [2.05, 4.69) is 37.4 Å². The first-order valence-corrected chi connectivity index (χ1v) is 13.2. The molecule has 1 aliphatic carbocycles. The van der Waals surface area contributed by atoms with E-state index < -0.39 is 5.76 Å². The Morgan fingerprint density at radius 3 is 2.76 bits per heavy atom. The van der Waals surface area contributed by atoms with Crippen LogP contribution in [0.25, 0.3) is 33.8 Å². The molecule has 9 nitrogen and oxygen atoms in total. The van der Waals surface area contributed by atoms with Crippen LogP contribution in [0.1, 0.15) is 45.4 Å². The number of pyridine rings is 2. The molecular weight excluding hydrogens is 490 g/mol. The lowest BCUT2D eigenvalue weighted by atomic mass is 9.83. The van der Waals surface area contributed by atoms with Crippen molar-refractivity contribution in [1.29, 1.82) is 0 Å². The zero-order valence-corrected chi connectivity index (χ0v) is 21.4. The smallest absolute Gasteiger partial charge is 0.328 e. The number of nitrogens with one attached hydrogen (secondary N) is 1. The van der Waals surface area contributed by atoms with Crippen LogP contribution in [0.3, 0.4) is 0 Å². The number of H-pyrrole nitrogens is 1. The number of hydrogen-bond acceptors (Lipinski definition) is 7. The number of hydrogen-bond donors (Lipinski definition) is 1. The average molecular weight is 518 g/mol. The van der Waals surface area contributed by atoms with Crippen molar-refractivity contribution in [2.75, 3.05) is 11.4 Å². The van der Waals surface area contributed by atoms with Crippen LogP contribution in [0, 0.1) is 24.2 Å². The molecule has 6 rings (SSSR count). The number of rotatable bonds is 5. The lowest BCUT2D eigenvalue weighted by Gasteiger charge is -2.29. The molecule has 37 heavy (non-hydrogen) atoms. The van der Waals surface area contributed by atoms with Gasteiger partial charge in [-0.1, -0.05) is 42.4 Å². The zero-order chi connectivity index (χ0) is 25.5. The first-order valence-electron chi connectivity index (χ1n) is 12.8. The number of aromatic amines is 1. The van der Waals surface area contributed by atoms with Crippen molar-refractivity contribution >= 4 is 28.6 Å². The van der Waals surface area contributed by atoms with Gasteiger partial charge in [0.1, 0.15) is 5.69 Å². The topological polar surface area (TPSA) is 106 Å². The van der Waals surface area contributed by atoms with Gasteiger partial charge < -0.3 is 9.47 Å². The van der Waals surface area contributed by atoms with Gasteiger partial charge in [0.05, 0.1) is 27.8 Å². The van der Waals surface area contributed by atoms with Gasteiger partial charge in [-0.05, 0) is 49.7 Å². The monoisotopic (exact) mass is 517 g/mol. The van der Waals surface area contributed by atoms with Crippen LogP contribution in [0.2, 0.25) is 5.02 Å². The van der Waals surface area contributed by atoms with E-state index in [1.54, 1.807) is 12.4 Å². The van der Waals surface area contributed by atoms with E-state index in [9.17, 15) is 4.79 Å². The fourth-order valence-electron chi connectivity index (χ4n) is 5.69. The van der Waals surface area contributed by atoms with Crippen molar-refractivity contribution < 1.29 is 4.52 Å². The molecule has 5 heterocycles. The molecule has 0 aromatic carbocycles. The van der Waals surface area contributed by atoms with Crippen molar-refractivity contribution in [1.82, 2.24) is 29.7 Å². The fraction of sp³-hybridized carbons (Fsp3) is 0.444. The van der Waals surface area contributed by atoms with E-state index >= 15 is 0 Å². The molecule has 1 aliphatic heterocycles. The van der Waals surface area contributed by atoms with Gasteiger partial charge in [-0.2, -0.15) is 0 Å². The van der Waals surface area contributed by atoms with E-state index in [0.29, 0.717) is 22.3 Å². The van der Waals surface area contributed by atoms with Crippen molar-refractivity contribution in [2.45, 2.75) is 58.0 Å². The molecular formula is C27H28ClN7O2. The van der Waals surface area contributed by atoms with Gasteiger partial charge in [0, 0.05) is 31.0 Å². The van der Waals surface area contributed by atoms with Gasteiger partial charge >= 0.3 is 5.76 Å². The van der Waals surface area contributed by atoms with Crippen LogP contribution < -0.4 is 10.7 Å². The Kier molecular flexibility index (Phi) is 6.21. The number of fused-ring (bicyclic) bond motifs is 1. The van der Waals surface area contributed by atoms with Crippen molar-refractivity contribution in [3.8, 4) is 35.1 Å². The first kappa shape index (κ1) is 23.7. The van der Waals surface area contributed by atoms with E-state index in [1.807, 2.05) is 12.1 Å². The van der Waals surface area contributed by atoms with Gasteiger partial charge in [-0.15, -0.1) is 6.42 Å². The Balaban J connectivity index is 1.59.